The molecule has 1 amide bonds. The molecule has 33 heavy (non-hydrogen) atoms. The smallest absolute Gasteiger partial charge is 0.244 e. The van der Waals surface area contributed by atoms with Crippen LogP contribution in [0.25, 0.3) is 0 Å². The van der Waals surface area contributed by atoms with E-state index in [1.165, 1.54) is 0 Å². The lowest BCUT2D eigenvalue weighted by molar-refractivity contribution is -0.120. The van der Waals surface area contributed by atoms with Crippen LogP contribution < -0.4 is 24.4 Å². The number of hydrazone groups is 1. The molecule has 0 atom stereocenters. The van der Waals surface area contributed by atoms with Gasteiger partial charge in [0.25, 0.3) is 0 Å². The standard InChI is InChI=1S/C25H23IN2O5/c1-30-23-13-19(11-20(26)25(23)33-16-17-5-3-2-4-6-17)15-27-28-24(29)14-18-7-8-21-22(12-18)32-10-9-31-21/h2-8,11-13,15H,9-10,14,16H2,1H3,(H,28,29)/b27-15+. The molecular weight excluding hydrogens is 535 g/mol. The lowest BCUT2D eigenvalue weighted by Crippen LogP contribution is -2.20. The number of carbonyl (C=O) groups is 1. The Morgan fingerprint density at radius 2 is 1.85 bits per heavy atom. The van der Waals surface area contributed by atoms with Crippen LogP contribution in [-0.2, 0) is 17.8 Å². The van der Waals surface area contributed by atoms with E-state index in [1.807, 2.05) is 60.7 Å². The van der Waals surface area contributed by atoms with Crippen molar-refractivity contribution in [2.24, 2.45) is 5.10 Å². The Morgan fingerprint density at radius 3 is 2.64 bits per heavy atom. The molecule has 0 saturated carbocycles. The van der Waals surface area contributed by atoms with Crippen LogP contribution >= 0.6 is 22.6 Å². The first kappa shape index (κ1) is 22.9. The molecule has 0 spiro atoms. The summed E-state index contributed by atoms with van der Waals surface area (Å²) >= 11 is 2.20. The fourth-order valence-electron chi connectivity index (χ4n) is 3.29. The van der Waals surface area contributed by atoms with Crippen LogP contribution in [0.4, 0.5) is 0 Å². The van der Waals surface area contributed by atoms with Gasteiger partial charge in [-0.05, 0) is 63.5 Å². The maximum absolute atomic E-state index is 12.3. The van der Waals surface area contributed by atoms with Crippen molar-refractivity contribution in [1.82, 2.24) is 5.43 Å². The van der Waals surface area contributed by atoms with Gasteiger partial charge in [-0.1, -0.05) is 36.4 Å². The maximum atomic E-state index is 12.3. The first-order valence-corrected chi connectivity index (χ1v) is 11.4. The average Bonchev–Trinajstić information content (AvgIpc) is 2.83. The molecule has 1 heterocycles. The highest BCUT2D eigenvalue weighted by Gasteiger charge is 2.14. The Bertz CT molecular complexity index is 1150. The number of halogens is 1. The van der Waals surface area contributed by atoms with Crippen LogP contribution in [0.5, 0.6) is 23.0 Å². The van der Waals surface area contributed by atoms with Gasteiger partial charge in [-0.25, -0.2) is 5.43 Å². The summed E-state index contributed by atoms with van der Waals surface area (Å²) in [6, 6.07) is 19.1. The molecule has 0 unspecified atom stereocenters. The molecule has 3 aromatic rings. The van der Waals surface area contributed by atoms with E-state index < -0.39 is 0 Å². The van der Waals surface area contributed by atoms with Crippen LogP contribution in [0.15, 0.2) is 65.8 Å². The van der Waals surface area contributed by atoms with Crippen molar-refractivity contribution in [1.29, 1.82) is 0 Å². The molecule has 1 aliphatic rings. The first-order chi connectivity index (χ1) is 16.1. The molecule has 1 aliphatic heterocycles. The second-order valence-corrected chi connectivity index (χ2v) is 8.42. The van der Waals surface area contributed by atoms with Crippen molar-refractivity contribution in [2.75, 3.05) is 20.3 Å². The molecule has 7 nitrogen and oxygen atoms in total. The molecule has 0 aromatic heterocycles. The number of nitrogens with zero attached hydrogens (tertiary/aromatic N) is 1. The molecular formula is C25H23IN2O5. The fourth-order valence-corrected chi connectivity index (χ4v) is 4.07. The topological polar surface area (TPSA) is 78.4 Å². The molecule has 8 heteroatoms. The number of carbonyl (C=O) groups excluding carboxylic acids is 1. The lowest BCUT2D eigenvalue weighted by Gasteiger charge is -2.18. The predicted octanol–water partition coefficient (Wildman–Crippen LogP) is 4.34. The fraction of sp³-hybridized carbons (Fsp3) is 0.200. The molecule has 0 bridgehead atoms. The van der Waals surface area contributed by atoms with E-state index in [4.69, 9.17) is 18.9 Å². The van der Waals surface area contributed by atoms with Crippen molar-refractivity contribution < 1.29 is 23.7 Å². The van der Waals surface area contributed by atoms with Crippen LogP contribution in [0, 0.1) is 3.57 Å². The van der Waals surface area contributed by atoms with Crippen molar-refractivity contribution in [3.05, 3.63) is 80.9 Å². The zero-order valence-electron chi connectivity index (χ0n) is 18.0. The zero-order chi connectivity index (χ0) is 23.0. The molecule has 1 N–H and O–H groups in total. The van der Waals surface area contributed by atoms with Gasteiger partial charge in [0.2, 0.25) is 5.91 Å². The number of nitrogens with one attached hydrogen (secondary N) is 1. The van der Waals surface area contributed by atoms with Gasteiger partial charge in [0, 0.05) is 0 Å². The Kier molecular flexibility index (Phi) is 7.66. The number of ether oxygens (including phenoxy) is 4. The van der Waals surface area contributed by atoms with E-state index in [2.05, 4.69) is 33.1 Å². The van der Waals surface area contributed by atoms with Crippen LogP contribution in [0.1, 0.15) is 16.7 Å². The summed E-state index contributed by atoms with van der Waals surface area (Å²) in [4.78, 5) is 12.3. The highest BCUT2D eigenvalue weighted by Crippen LogP contribution is 2.34. The highest BCUT2D eigenvalue weighted by atomic mass is 127. The number of hydrogen-bond donors (Lipinski definition) is 1. The molecule has 170 valence electrons. The lowest BCUT2D eigenvalue weighted by atomic mass is 10.1. The second-order valence-electron chi connectivity index (χ2n) is 7.26. The summed E-state index contributed by atoms with van der Waals surface area (Å²) in [5.74, 6) is 2.39. The van der Waals surface area contributed by atoms with Gasteiger partial charge >= 0.3 is 0 Å². The van der Waals surface area contributed by atoms with E-state index in [9.17, 15) is 4.79 Å². The largest absolute Gasteiger partial charge is 0.493 e. The van der Waals surface area contributed by atoms with E-state index in [-0.39, 0.29) is 12.3 Å². The minimum Gasteiger partial charge on any atom is -0.493 e. The van der Waals surface area contributed by atoms with Crippen LogP contribution in [-0.4, -0.2) is 32.4 Å². The van der Waals surface area contributed by atoms with Gasteiger partial charge in [0.1, 0.15) is 19.8 Å². The third-order valence-corrected chi connectivity index (χ3v) is 5.65. The quantitative estimate of drug-likeness (QED) is 0.253. The number of benzene rings is 3. The number of methoxy groups -OCH3 is 1. The van der Waals surface area contributed by atoms with Gasteiger partial charge in [-0.3, -0.25) is 4.79 Å². The Hall–Kier alpha value is -3.27. The Balaban J connectivity index is 1.36. The predicted molar refractivity (Wildman–Crippen MR) is 133 cm³/mol. The van der Waals surface area contributed by atoms with E-state index in [0.29, 0.717) is 42.8 Å². The van der Waals surface area contributed by atoms with Crippen molar-refractivity contribution in [3.8, 4) is 23.0 Å². The highest BCUT2D eigenvalue weighted by molar-refractivity contribution is 14.1. The molecule has 3 aromatic carbocycles. The second kappa shape index (κ2) is 11.0. The zero-order valence-corrected chi connectivity index (χ0v) is 20.2. The SMILES string of the molecule is COc1cc(/C=N/NC(=O)Cc2ccc3c(c2)OCCO3)cc(I)c1OCc1ccccc1. The number of fused-ring (bicyclic) bond motifs is 1. The van der Waals surface area contributed by atoms with Crippen molar-refractivity contribution >= 4 is 34.7 Å². The monoisotopic (exact) mass is 558 g/mol. The van der Waals surface area contributed by atoms with E-state index >= 15 is 0 Å². The molecule has 0 radical (unpaired) electrons. The minimum atomic E-state index is -0.229. The van der Waals surface area contributed by atoms with Crippen molar-refractivity contribution in [2.45, 2.75) is 13.0 Å². The van der Waals surface area contributed by atoms with Gasteiger partial charge in [0.15, 0.2) is 23.0 Å². The number of hydrogen-bond acceptors (Lipinski definition) is 6. The van der Waals surface area contributed by atoms with E-state index in [1.54, 1.807) is 13.3 Å². The van der Waals surface area contributed by atoms with Crippen LogP contribution in [0.2, 0.25) is 0 Å². The minimum absolute atomic E-state index is 0.182. The number of rotatable bonds is 8. The third kappa shape index (κ3) is 6.16. The molecule has 4 rings (SSSR count). The number of amides is 1. The van der Waals surface area contributed by atoms with E-state index in [0.717, 1.165) is 20.3 Å². The van der Waals surface area contributed by atoms with Crippen LogP contribution in [0.3, 0.4) is 0 Å². The normalized spacial score (nSPS) is 12.4. The van der Waals surface area contributed by atoms with Gasteiger partial charge in [0.05, 0.1) is 23.3 Å². The summed E-state index contributed by atoms with van der Waals surface area (Å²) in [7, 11) is 1.59. The first-order valence-electron chi connectivity index (χ1n) is 10.4. The molecule has 0 saturated heterocycles. The maximum Gasteiger partial charge on any atom is 0.244 e. The summed E-state index contributed by atoms with van der Waals surface area (Å²) < 4.78 is 23.4. The third-order valence-electron chi connectivity index (χ3n) is 4.85. The van der Waals surface area contributed by atoms with Gasteiger partial charge in [-0.2, -0.15) is 5.10 Å². The summed E-state index contributed by atoms with van der Waals surface area (Å²) in [5, 5.41) is 4.08. The summed E-state index contributed by atoms with van der Waals surface area (Å²) in [6.07, 6.45) is 1.76. The van der Waals surface area contributed by atoms with Gasteiger partial charge in [-0.15, -0.1) is 0 Å². The molecule has 0 fully saturated rings. The van der Waals surface area contributed by atoms with Gasteiger partial charge < -0.3 is 18.9 Å². The summed E-state index contributed by atoms with van der Waals surface area (Å²) in [5.41, 5.74) is 5.24. The Morgan fingerprint density at radius 1 is 1.06 bits per heavy atom. The van der Waals surface area contributed by atoms with Crippen molar-refractivity contribution in [3.63, 3.8) is 0 Å². The Labute approximate surface area is 205 Å². The average molecular weight is 558 g/mol. The summed E-state index contributed by atoms with van der Waals surface area (Å²) in [6.45, 7) is 1.48. The molecule has 0 aliphatic carbocycles.